The lowest BCUT2D eigenvalue weighted by Gasteiger charge is -2.38. The Balaban J connectivity index is 2.41. The number of sulfonamides is 1. The lowest BCUT2D eigenvalue weighted by atomic mass is 9.90. The fourth-order valence-electron chi connectivity index (χ4n) is 2.77. The van der Waals surface area contributed by atoms with Crippen LogP contribution in [0.1, 0.15) is 33.6 Å². The number of nitrogens with one attached hydrogen (secondary N) is 1. The number of hydrogen-bond donors (Lipinski definition) is 1. The average Bonchev–Trinajstić information content (AvgIpc) is 2.59. The van der Waals surface area contributed by atoms with Crippen molar-refractivity contribution in [1.82, 2.24) is 4.72 Å². The summed E-state index contributed by atoms with van der Waals surface area (Å²) in [5.41, 5.74) is -0.339. The molecule has 0 saturated heterocycles. The zero-order valence-electron chi connectivity index (χ0n) is 15.5. The van der Waals surface area contributed by atoms with E-state index in [1.54, 1.807) is 26.0 Å². The van der Waals surface area contributed by atoms with Gasteiger partial charge in [0.1, 0.15) is 5.75 Å². The largest absolute Gasteiger partial charge is 0.497 e. The molecule has 1 aromatic rings. The number of rotatable bonds is 8. The molecule has 7 heteroatoms. The summed E-state index contributed by atoms with van der Waals surface area (Å²) < 4.78 is 39.6. The SMILES string of the molecule is CCCCOC1(NS(=O)(=O)c2ccc(OC)cc2)C(C)=CC(=O)C=C1C. The van der Waals surface area contributed by atoms with Gasteiger partial charge in [-0.1, -0.05) is 13.3 Å². The summed E-state index contributed by atoms with van der Waals surface area (Å²) in [7, 11) is -2.37. The van der Waals surface area contributed by atoms with Gasteiger partial charge in [-0.3, -0.25) is 4.79 Å². The minimum atomic E-state index is -3.89. The highest BCUT2D eigenvalue weighted by molar-refractivity contribution is 7.89. The van der Waals surface area contributed by atoms with Crippen LogP contribution in [0.4, 0.5) is 0 Å². The molecule has 26 heavy (non-hydrogen) atoms. The molecule has 0 fully saturated rings. The van der Waals surface area contributed by atoms with Crippen molar-refractivity contribution in [3.63, 3.8) is 0 Å². The van der Waals surface area contributed by atoms with Gasteiger partial charge in [-0.25, -0.2) is 8.42 Å². The Hall–Kier alpha value is -1.96. The summed E-state index contributed by atoms with van der Waals surface area (Å²) >= 11 is 0. The maximum atomic E-state index is 12.9. The van der Waals surface area contributed by atoms with E-state index in [0.29, 0.717) is 23.5 Å². The van der Waals surface area contributed by atoms with Crippen LogP contribution in [-0.4, -0.2) is 33.6 Å². The Morgan fingerprint density at radius 1 is 1.08 bits per heavy atom. The molecule has 0 atom stereocenters. The highest BCUT2D eigenvalue weighted by Crippen LogP contribution is 2.33. The molecule has 1 aliphatic rings. The molecule has 1 aliphatic carbocycles. The van der Waals surface area contributed by atoms with Gasteiger partial charge in [0.05, 0.1) is 12.0 Å². The summed E-state index contributed by atoms with van der Waals surface area (Å²) in [5.74, 6) is 0.381. The number of ketones is 1. The smallest absolute Gasteiger partial charge is 0.243 e. The summed E-state index contributed by atoms with van der Waals surface area (Å²) in [5, 5.41) is 0. The number of allylic oxidation sites excluding steroid dienone is 2. The van der Waals surface area contributed by atoms with E-state index in [4.69, 9.17) is 9.47 Å². The zero-order chi connectivity index (χ0) is 19.4. The molecule has 0 aromatic heterocycles. The van der Waals surface area contributed by atoms with Crippen LogP contribution in [-0.2, 0) is 19.6 Å². The third-order valence-electron chi connectivity index (χ3n) is 4.29. The standard InChI is InChI=1S/C19H25NO5S/c1-5-6-11-25-19(14(2)12-16(21)13-15(19)3)20-26(22,23)18-9-7-17(24-4)8-10-18/h7-10,12-13,20H,5-6,11H2,1-4H3. The minimum absolute atomic E-state index is 0.0919. The van der Waals surface area contributed by atoms with Crippen LogP contribution in [0.5, 0.6) is 5.75 Å². The van der Waals surface area contributed by atoms with Crippen molar-refractivity contribution in [3.8, 4) is 5.75 Å². The molecule has 0 radical (unpaired) electrons. The van der Waals surface area contributed by atoms with Crippen molar-refractivity contribution in [2.45, 2.75) is 44.2 Å². The predicted octanol–water partition coefficient (Wildman–Crippen LogP) is 2.96. The van der Waals surface area contributed by atoms with Crippen molar-refractivity contribution < 1.29 is 22.7 Å². The Morgan fingerprint density at radius 3 is 2.15 bits per heavy atom. The van der Waals surface area contributed by atoms with Crippen LogP contribution >= 0.6 is 0 Å². The highest BCUT2D eigenvalue weighted by atomic mass is 32.2. The molecule has 2 rings (SSSR count). The Kier molecular flexibility index (Phi) is 6.39. The first kappa shape index (κ1) is 20.4. The zero-order valence-corrected chi connectivity index (χ0v) is 16.4. The molecule has 0 unspecified atom stereocenters. The fraction of sp³-hybridized carbons (Fsp3) is 0.421. The normalized spacial score (nSPS) is 16.8. The molecule has 0 spiro atoms. The molecule has 0 heterocycles. The van der Waals surface area contributed by atoms with E-state index in [1.807, 2.05) is 6.92 Å². The molecule has 0 bridgehead atoms. The maximum absolute atomic E-state index is 12.9. The van der Waals surface area contributed by atoms with E-state index in [1.165, 1.54) is 31.4 Å². The molecular weight excluding hydrogens is 354 g/mol. The Labute approximate surface area is 154 Å². The van der Waals surface area contributed by atoms with Crippen molar-refractivity contribution in [1.29, 1.82) is 0 Å². The van der Waals surface area contributed by atoms with E-state index in [2.05, 4.69) is 4.72 Å². The van der Waals surface area contributed by atoms with Crippen LogP contribution in [0.2, 0.25) is 0 Å². The average molecular weight is 379 g/mol. The summed E-state index contributed by atoms with van der Waals surface area (Å²) in [6, 6.07) is 6.09. The molecule has 6 nitrogen and oxygen atoms in total. The Morgan fingerprint density at radius 2 is 1.65 bits per heavy atom. The quantitative estimate of drug-likeness (QED) is 0.555. The number of carbonyl (C=O) groups is 1. The third kappa shape index (κ3) is 4.23. The van der Waals surface area contributed by atoms with Gasteiger partial charge in [0.2, 0.25) is 10.0 Å². The van der Waals surface area contributed by atoms with Crippen molar-refractivity contribution in [3.05, 3.63) is 47.6 Å². The van der Waals surface area contributed by atoms with Crippen molar-refractivity contribution in [2.75, 3.05) is 13.7 Å². The second-order valence-corrected chi connectivity index (χ2v) is 7.90. The molecule has 1 aromatic carbocycles. The number of benzene rings is 1. The molecule has 0 saturated carbocycles. The molecule has 1 N–H and O–H groups in total. The van der Waals surface area contributed by atoms with E-state index >= 15 is 0 Å². The fourth-order valence-corrected chi connectivity index (χ4v) is 4.15. The van der Waals surface area contributed by atoms with Gasteiger partial charge in [-0.2, -0.15) is 4.72 Å². The number of hydrogen-bond acceptors (Lipinski definition) is 5. The van der Waals surface area contributed by atoms with Crippen molar-refractivity contribution >= 4 is 15.8 Å². The van der Waals surface area contributed by atoms with E-state index in [0.717, 1.165) is 12.8 Å². The van der Waals surface area contributed by atoms with Crippen LogP contribution in [0, 0.1) is 0 Å². The first-order valence-electron chi connectivity index (χ1n) is 8.48. The first-order chi connectivity index (χ1) is 12.2. The van der Waals surface area contributed by atoms with E-state index < -0.39 is 15.7 Å². The Bertz CT molecular complexity index is 800. The van der Waals surface area contributed by atoms with Gasteiger partial charge in [-0.15, -0.1) is 0 Å². The van der Waals surface area contributed by atoms with Gasteiger partial charge in [-0.05, 0) is 67.8 Å². The lowest BCUT2D eigenvalue weighted by molar-refractivity contribution is -0.111. The minimum Gasteiger partial charge on any atom is -0.497 e. The lowest BCUT2D eigenvalue weighted by Crippen LogP contribution is -2.53. The second-order valence-electron chi connectivity index (χ2n) is 6.22. The van der Waals surface area contributed by atoms with Crippen LogP contribution in [0.3, 0.4) is 0 Å². The predicted molar refractivity (Wildman–Crippen MR) is 99.4 cm³/mol. The van der Waals surface area contributed by atoms with E-state index in [9.17, 15) is 13.2 Å². The molecule has 142 valence electrons. The first-order valence-corrected chi connectivity index (χ1v) is 9.97. The number of ether oxygens (including phenoxy) is 2. The molecule has 0 aliphatic heterocycles. The molecular formula is C19H25NO5S. The van der Waals surface area contributed by atoms with Gasteiger partial charge in [0.15, 0.2) is 11.5 Å². The summed E-state index contributed by atoms with van der Waals surface area (Å²) in [6.45, 7) is 5.77. The summed E-state index contributed by atoms with van der Waals surface area (Å²) in [6.07, 6.45) is 4.48. The van der Waals surface area contributed by atoms with Crippen molar-refractivity contribution in [2.24, 2.45) is 0 Å². The van der Waals surface area contributed by atoms with Crippen LogP contribution < -0.4 is 9.46 Å². The van der Waals surface area contributed by atoms with Gasteiger partial charge in [0.25, 0.3) is 0 Å². The van der Waals surface area contributed by atoms with Crippen LogP contribution in [0.25, 0.3) is 0 Å². The maximum Gasteiger partial charge on any atom is 0.243 e. The van der Waals surface area contributed by atoms with Crippen LogP contribution in [0.15, 0.2) is 52.5 Å². The number of methoxy groups -OCH3 is 1. The summed E-state index contributed by atoms with van der Waals surface area (Å²) in [4.78, 5) is 11.9. The number of unbranched alkanes of at least 4 members (excludes halogenated alkanes) is 1. The number of carbonyl (C=O) groups excluding carboxylic acids is 1. The topological polar surface area (TPSA) is 81.7 Å². The second kappa shape index (κ2) is 8.16. The van der Waals surface area contributed by atoms with Gasteiger partial charge in [0, 0.05) is 6.61 Å². The third-order valence-corrected chi connectivity index (χ3v) is 5.74. The highest BCUT2D eigenvalue weighted by Gasteiger charge is 2.42. The monoisotopic (exact) mass is 379 g/mol. The van der Waals surface area contributed by atoms with Gasteiger partial charge >= 0.3 is 0 Å². The van der Waals surface area contributed by atoms with E-state index in [-0.39, 0.29) is 10.7 Å². The van der Waals surface area contributed by atoms with Gasteiger partial charge < -0.3 is 9.47 Å². The molecule has 0 amide bonds.